The molecule has 0 aliphatic rings. The first-order valence-electron chi connectivity index (χ1n) is 10.9. The van der Waals surface area contributed by atoms with Gasteiger partial charge in [-0.1, -0.05) is 12.1 Å². The van der Waals surface area contributed by atoms with Crippen LogP contribution in [-0.2, 0) is 0 Å². The molecule has 3 aromatic rings. The summed E-state index contributed by atoms with van der Waals surface area (Å²) in [7, 11) is 3.45. The van der Waals surface area contributed by atoms with Gasteiger partial charge in [0.2, 0.25) is 0 Å². The summed E-state index contributed by atoms with van der Waals surface area (Å²) in [6.45, 7) is 4.73. The van der Waals surface area contributed by atoms with E-state index in [0.717, 1.165) is 5.56 Å². The van der Waals surface area contributed by atoms with Gasteiger partial charge in [0, 0.05) is 31.4 Å². The highest BCUT2D eigenvalue weighted by atomic mass is 79.9. The number of ether oxygens (including phenoxy) is 3. The number of hydrogen-bond acceptors (Lipinski definition) is 6. The van der Waals surface area contributed by atoms with Crippen LogP contribution in [0.3, 0.4) is 0 Å². The van der Waals surface area contributed by atoms with Crippen molar-refractivity contribution in [3.8, 4) is 34.1 Å². The minimum Gasteiger partial charge on any atom is -0.457 e. The van der Waals surface area contributed by atoms with Crippen LogP contribution in [0.25, 0.3) is 11.1 Å². The molecule has 200 valence electrons. The van der Waals surface area contributed by atoms with Gasteiger partial charge in [-0.25, -0.2) is 4.79 Å². The number of carbonyl (C=O) groups excluding carboxylic acids is 1. The van der Waals surface area contributed by atoms with Crippen LogP contribution in [0, 0.1) is 13.8 Å². The van der Waals surface area contributed by atoms with E-state index in [2.05, 4.69) is 31.0 Å². The third kappa shape index (κ3) is 8.24. The van der Waals surface area contributed by atoms with Gasteiger partial charge in [-0.2, -0.15) is 0 Å². The fourth-order valence-corrected chi connectivity index (χ4v) is 3.67. The number of nitrogens with one attached hydrogen (secondary N) is 1. The lowest BCUT2D eigenvalue weighted by atomic mass is 10.0. The Kier molecular flexibility index (Phi) is 10.6. The van der Waals surface area contributed by atoms with Gasteiger partial charge in [0.1, 0.15) is 17.2 Å². The molecule has 0 saturated heterocycles. The van der Waals surface area contributed by atoms with Crippen LogP contribution in [-0.4, -0.2) is 49.5 Å². The highest BCUT2D eigenvalue weighted by Crippen LogP contribution is 2.41. The summed E-state index contributed by atoms with van der Waals surface area (Å²) >= 11 is 3.50. The Morgan fingerprint density at radius 1 is 1.00 bits per heavy atom. The number of likely N-dealkylation sites (N-methyl/N-ethyl adjacent to an activating group) is 2. The Morgan fingerprint density at radius 2 is 1.54 bits per heavy atom. The standard InChI is InChI=1S/C25H25BrF3N3O4.ClH/c1-15-21(23(22(26)16(2)31-15)35-24(33)32(4)14-13-30-3)17-5-7-18(8-6-17)34-19-9-11-20(12-10-19)36-25(27,28)29;/h5-12,30H,13-14H2,1-4H3;1H. The van der Waals surface area contributed by atoms with Crippen molar-refractivity contribution in [2.24, 2.45) is 0 Å². The molecule has 0 spiro atoms. The largest absolute Gasteiger partial charge is 0.573 e. The summed E-state index contributed by atoms with van der Waals surface area (Å²) in [6.07, 6.45) is -5.26. The highest BCUT2D eigenvalue weighted by Gasteiger charge is 2.31. The fourth-order valence-electron chi connectivity index (χ4n) is 3.30. The van der Waals surface area contributed by atoms with Crippen LogP contribution >= 0.6 is 28.3 Å². The number of halogens is 5. The van der Waals surface area contributed by atoms with E-state index < -0.39 is 12.5 Å². The van der Waals surface area contributed by atoms with Crippen molar-refractivity contribution >= 4 is 34.4 Å². The third-order valence-corrected chi connectivity index (χ3v) is 6.01. The van der Waals surface area contributed by atoms with Gasteiger partial charge < -0.3 is 24.4 Å². The lowest BCUT2D eigenvalue weighted by Crippen LogP contribution is -2.35. The Balaban J connectivity index is 0.00000481. The molecule has 0 aliphatic heterocycles. The van der Waals surface area contributed by atoms with Crippen molar-refractivity contribution < 1.29 is 32.2 Å². The molecule has 1 heterocycles. The van der Waals surface area contributed by atoms with Gasteiger partial charge >= 0.3 is 12.5 Å². The van der Waals surface area contributed by atoms with E-state index in [1.54, 1.807) is 38.4 Å². The van der Waals surface area contributed by atoms with Crippen LogP contribution in [0.15, 0.2) is 53.0 Å². The molecule has 1 amide bonds. The predicted octanol–water partition coefficient (Wildman–Crippen LogP) is 6.89. The number of carbonyl (C=O) groups is 1. The van der Waals surface area contributed by atoms with Crippen molar-refractivity contribution in [3.05, 3.63) is 64.4 Å². The maximum Gasteiger partial charge on any atom is 0.573 e. The number of amides is 1. The Labute approximate surface area is 227 Å². The summed E-state index contributed by atoms with van der Waals surface area (Å²) in [6, 6.07) is 12.1. The monoisotopic (exact) mass is 603 g/mol. The number of aromatic nitrogens is 1. The first-order valence-corrected chi connectivity index (χ1v) is 11.7. The smallest absolute Gasteiger partial charge is 0.457 e. The van der Waals surface area contributed by atoms with E-state index in [1.165, 1.54) is 29.2 Å². The number of pyridine rings is 1. The van der Waals surface area contributed by atoms with E-state index in [9.17, 15) is 18.0 Å². The Morgan fingerprint density at radius 3 is 2.08 bits per heavy atom. The van der Waals surface area contributed by atoms with Crippen molar-refractivity contribution in [2.75, 3.05) is 27.2 Å². The fraction of sp³-hybridized carbons (Fsp3) is 0.280. The summed E-state index contributed by atoms with van der Waals surface area (Å²) in [5.41, 5.74) is 2.73. The SMILES string of the molecule is CNCCN(C)C(=O)Oc1c(Br)c(C)nc(C)c1-c1ccc(Oc2ccc(OC(F)(F)F)cc2)cc1.Cl. The number of nitrogens with zero attached hydrogens (tertiary/aromatic N) is 2. The lowest BCUT2D eigenvalue weighted by molar-refractivity contribution is -0.274. The van der Waals surface area contributed by atoms with Gasteiger partial charge in [0.15, 0.2) is 5.75 Å². The minimum atomic E-state index is -4.76. The second-order valence-electron chi connectivity index (χ2n) is 7.84. The van der Waals surface area contributed by atoms with E-state index in [1.807, 2.05) is 13.8 Å². The van der Waals surface area contributed by atoms with Gasteiger partial charge in [0.25, 0.3) is 0 Å². The van der Waals surface area contributed by atoms with Gasteiger partial charge in [-0.15, -0.1) is 25.6 Å². The normalized spacial score (nSPS) is 10.9. The molecule has 7 nitrogen and oxygen atoms in total. The maximum atomic E-state index is 12.7. The van der Waals surface area contributed by atoms with E-state index >= 15 is 0 Å². The van der Waals surface area contributed by atoms with Crippen molar-refractivity contribution in [1.29, 1.82) is 0 Å². The zero-order chi connectivity index (χ0) is 26.5. The average molecular weight is 605 g/mol. The summed E-state index contributed by atoms with van der Waals surface area (Å²) in [5.74, 6) is 0.824. The van der Waals surface area contributed by atoms with Crippen LogP contribution in [0.2, 0.25) is 0 Å². The van der Waals surface area contributed by atoms with Gasteiger partial charge in [-0.3, -0.25) is 4.98 Å². The molecule has 0 atom stereocenters. The average Bonchev–Trinajstić information content (AvgIpc) is 2.82. The van der Waals surface area contributed by atoms with Crippen molar-refractivity contribution in [2.45, 2.75) is 20.2 Å². The number of benzene rings is 2. The molecular weight excluding hydrogens is 579 g/mol. The summed E-state index contributed by atoms with van der Waals surface area (Å²) in [4.78, 5) is 18.7. The minimum absolute atomic E-state index is 0. The molecule has 12 heteroatoms. The Hall–Kier alpha value is -3.02. The van der Waals surface area contributed by atoms with Crippen LogP contribution in [0.5, 0.6) is 23.0 Å². The van der Waals surface area contributed by atoms with E-state index in [0.29, 0.717) is 51.8 Å². The Bertz CT molecular complexity index is 1210. The van der Waals surface area contributed by atoms with Crippen LogP contribution < -0.4 is 19.5 Å². The molecule has 1 N–H and O–H groups in total. The summed E-state index contributed by atoms with van der Waals surface area (Å²) in [5, 5.41) is 2.99. The van der Waals surface area contributed by atoms with Crippen molar-refractivity contribution in [3.63, 3.8) is 0 Å². The van der Waals surface area contributed by atoms with Crippen molar-refractivity contribution in [1.82, 2.24) is 15.2 Å². The number of hydrogen-bond donors (Lipinski definition) is 1. The predicted molar refractivity (Wildman–Crippen MR) is 140 cm³/mol. The zero-order valence-corrected chi connectivity index (χ0v) is 22.9. The number of rotatable bonds is 8. The molecule has 0 radical (unpaired) electrons. The molecular formula is C25H26BrClF3N3O4. The highest BCUT2D eigenvalue weighted by molar-refractivity contribution is 9.10. The van der Waals surface area contributed by atoms with Crippen LogP contribution in [0.1, 0.15) is 11.4 Å². The number of alkyl halides is 3. The molecule has 0 saturated carbocycles. The zero-order valence-electron chi connectivity index (χ0n) is 20.5. The molecule has 2 aromatic carbocycles. The summed E-state index contributed by atoms with van der Waals surface area (Å²) < 4.78 is 52.9. The first kappa shape index (κ1) is 30.2. The second-order valence-corrected chi connectivity index (χ2v) is 8.63. The molecule has 3 rings (SSSR count). The molecule has 37 heavy (non-hydrogen) atoms. The second kappa shape index (κ2) is 13.0. The topological polar surface area (TPSA) is 72.9 Å². The number of aryl methyl sites for hydroxylation is 2. The van der Waals surface area contributed by atoms with E-state index in [-0.39, 0.29) is 18.2 Å². The first-order chi connectivity index (χ1) is 17.0. The van der Waals surface area contributed by atoms with E-state index in [4.69, 9.17) is 9.47 Å². The van der Waals surface area contributed by atoms with Gasteiger partial charge in [0.05, 0.1) is 10.2 Å². The molecule has 0 unspecified atom stereocenters. The van der Waals surface area contributed by atoms with Crippen LogP contribution in [0.4, 0.5) is 18.0 Å². The lowest BCUT2D eigenvalue weighted by Gasteiger charge is -2.20. The molecule has 0 bridgehead atoms. The molecule has 1 aromatic heterocycles. The maximum absolute atomic E-state index is 12.7. The van der Waals surface area contributed by atoms with Gasteiger partial charge in [-0.05, 0) is 78.8 Å². The molecule has 0 aliphatic carbocycles. The quantitative estimate of drug-likeness (QED) is 0.302. The molecule has 0 fully saturated rings. The third-order valence-electron chi connectivity index (χ3n) is 5.08.